The molecule has 0 radical (unpaired) electrons. The van der Waals surface area contributed by atoms with Crippen molar-refractivity contribution in [3.63, 3.8) is 0 Å². The van der Waals surface area contributed by atoms with Gasteiger partial charge in [0, 0.05) is 11.4 Å². The van der Waals surface area contributed by atoms with Gasteiger partial charge in [-0.1, -0.05) is 48.0 Å². The molecule has 0 aromatic heterocycles. The Labute approximate surface area is 181 Å². The highest BCUT2D eigenvalue weighted by molar-refractivity contribution is 7.93. The second-order valence-corrected chi connectivity index (χ2v) is 10.5. The molecule has 2 N–H and O–H groups in total. The van der Waals surface area contributed by atoms with Crippen molar-refractivity contribution in [1.82, 2.24) is 0 Å². The molecule has 6 nitrogen and oxygen atoms in total. The van der Waals surface area contributed by atoms with E-state index in [0.29, 0.717) is 5.69 Å². The molecule has 0 atom stereocenters. The first-order valence-corrected chi connectivity index (χ1v) is 12.4. The van der Waals surface area contributed by atoms with Crippen LogP contribution < -0.4 is 9.44 Å². The van der Waals surface area contributed by atoms with Crippen molar-refractivity contribution in [3.8, 4) is 0 Å². The number of nitrogens with one attached hydrogen (secondary N) is 2. The standard InChI is InChI=1S/C23H20N2O4S2/c1-17-6-9-20(10-7-17)24-30(26,27)22-14-11-21(12-15-22)25-31(28,29)23-13-8-18-4-2-3-5-19(18)16-23/h2-16,24-25H,1H3. The van der Waals surface area contributed by atoms with Gasteiger partial charge < -0.3 is 0 Å². The van der Waals surface area contributed by atoms with Crippen LogP contribution in [0.4, 0.5) is 11.4 Å². The van der Waals surface area contributed by atoms with Gasteiger partial charge in [0.25, 0.3) is 20.0 Å². The highest BCUT2D eigenvalue weighted by atomic mass is 32.2. The maximum absolute atomic E-state index is 12.8. The lowest BCUT2D eigenvalue weighted by Gasteiger charge is -2.11. The normalized spacial score (nSPS) is 11.9. The molecule has 0 aliphatic rings. The van der Waals surface area contributed by atoms with Crippen LogP contribution in [0.25, 0.3) is 10.8 Å². The molecule has 0 aliphatic carbocycles. The molecule has 4 aromatic carbocycles. The van der Waals surface area contributed by atoms with E-state index in [1.165, 1.54) is 30.3 Å². The number of hydrogen-bond acceptors (Lipinski definition) is 4. The van der Waals surface area contributed by atoms with E-state index in [1.807, 2.05) is 43.3 Å². The van der Waals surface area contributed by atoms with Crippen molar-refractivity contribution in [2.75, 3.05) is 9.44 Å². The van der Waals surface area contributed by atoms with Gasteiger partial charge in [0.05, 0.1) is 9.79 Å². The molecule has 4 aromatic rings. The summed E-state index contributed by atoms with van der Waals surface area (Å²) in [5.74, 6) is 0. The van der Waals surface area contributed by atoms with Gasteiger partial charge in [0.15, 0.2) is 0 Å². The van der Waals surface area contributed by atoms with Gasteiger partial charge in [0.2, 0.25) is 0 Å². The van der Waals surface area contributed by atoms with Gasteiger partial charge in [-0.3, -0.25) is 9.44 Å². The summed E-state index contributed by atoms with van der Waals surface area (Å²) in [6, 6.07) is 24.9. The Morgan fingerprint density at radius 2 is 1.03 bits per heavy atom. The van der Waals surface area contributed by atoms with E-state index in [1.54, 1.807) is 24.3 Å². The van der Waals surface area contributed by atoms with E-state index in [0.717, 1.165) is 16.3 Å². The third-order valence-electron chi connectivity index (χ3n) is 4.75. The first-order valence-electron chi connectivity index (χ1n) is 9.44. The summed E-state index contributed by atoms with van der Waals surface area (Å²) in [4.78, 5) is 0.158. The Kier molecular flexibility index (Phi) is 5.43. The Morgan fingerprint density at radius 1 is 0.548 bits per heavy atom. The van der Waals surface area contributed by atoms with Crippen molar-refractivity contribution >= 4 is 42.2 Å². The van der Waals surface area contributed by atoms with Crippen LogP contribution in [-0.2, 0) is 20.0 Å². The van der Waals surface area contributed by atoms with Crippen molar-refractivity contribution < 1.29 is 16.8 Å². The minimum Gasteiger partial charge on any atom is -0.280 e. The maximum atomic E-state index is 12.8. The molecule has 158 valence electrons. The first kappa shape index (κ1) is 20.9. The molecule has 0 amide bonds. The zero-order valence-electron chi connectivity index (χ0n) is 16.6. The maximum Gasteiger partial charge on any atom is 0.261 e. The van der Waals surface area contributed by atoms with Gasteiger partial charge in [-0.15, -0.1) is 0 Å². The number of fused-ring (bicyclic) bond motifs is 1. The minimum absolute atomic E-state index is 0.0294. The predicted octanol–water partition coefficient (Wildman–Crippen LogP) is 4.75. The van der Waals surface area contributed by atoms with Crippen LogP contribution in [-0.4, -0.2) is 16.8 Å². The summed E-state index contributed by atoms with van der Waals surface area (Å²) >= 11 is 0. The minimum atomic E-state index is -3.82. The highest BCUT2D eigenvalue weighted by Crippen LogP contribution is 2.23. The van der Waals surface area contributed by atoms with Crippen molar-refractivity contribution in [2.45, 2.75) is 16.7 Å². The van der Waals surface area contributed by atoms with E-state index in [-0.39, 0.29) is 15.5 Å². The largest absolute Gasteiger partial charge is 0.280 e. The molecule has 0 fully saturated rings. The lowest BCUT2D eigenvalue weighted by atomic mass is 10.1. The van der Waals surface area contributed by atoms with Gasteiger partial charge in [-0.2, -0.15) is 0 Å². The topological polar surface area (TPSA) is 92.3 Å². The van der Waals surface area contributed by atoms with E-state index in [9.17, 15) is 16.8 Å². The fourth-order valence-electron chi connectivity index (χ4n) is 3.09. The Hall–Kier alpha value is -3.36. The van der Waals surface area contributed by atoms with Crippen LogP contribution in [0, 0.1) is 6.92 Å². The van der Waals surface area contributed by atoms with Crippen LogP contribution in [0.1, 0.15) is 5.56 Å². The number of anilines is 2. The third-order valence-corrected chi connectivity index (χ3v) is 7.53. The molecule has 8 heteroatoms. The molecule has 0 unspecified atom stereocenters. The van der Waals surface area contributed by atoms with Crippen molar-refractivity contribution in [2.24, 2.45) is 0 Å². The van der Waals surface area contributed by atoms with Gasteiger partial charge >= 0.3 is 0 Å². The van der Waals surface area contributed by atoms with Crippen LogP contribution in [0.5, 0.6) is 0 Å². The van der Waals surface area contributed by atoms with E-state index >= 15 is 0 Å². The number of aryl methyl sites for hydroxylation is 1. The predicted molar refractivity (Wildman–Crippen MR) is 123 cm³/mol. The zero-order valence-corrected chi connectivity index (χ0v) is 18.2. The van der Waals surface area contributed by atoms with Crippen LogP contribution in [0.15, 0.2) is 101 Å². The summed E-state index contributed by atoms with van der Waals surface area (Å²) in [5, 5.41) is 1.76. The number of hydrogen-bond donors (Lipinski definition) is 2. The van der Waals surface area contributed by atoms with Gasteiger partial charge in [0.1, 0.15) is 0 Å². The lowest BCUT2D eigenvalue weighted by molar-refractivity contribution is 0.600. The molecule has 31 heavy (non-hydrogen) atoms. The molecule has 4 rings (SSSR count). The van der Waals surface area contributed by atoms with Crippen molar-refractivity contribution in [3.05, 3.63) is 96.6 Å². The third kappa shape index (κ3) is 4.70. The number of rotatable bonds is 6. The van der Waals surface area contributed by atoms with Crippen LogP contribution >= 0.6 is 0 Å². The molecular formula is C23H20N2O4S2. The monoisotopic (exact) mass is 452 g/mol. The molecule has 0 spiro atoms. The molecular weight excluding hydrogens is 432 g/mol. The highest BCUT2D eigenvalue weighted by Gasteiger charge is 2.17. The number of benzene rings is 4. The quantitative estimate of drug-likeness (QED) is 0.442. The SMILES string of the molecule is Cc1ccc(NS(=O)(=O)c2ccc(NS(=O)(=O)c3ccc4ccccc4c3)cc2)cc1. The molecule has 0 heterocycles. The van der Waals surface area contributed by atoms with Gasteiger partial charge in [-0.05, 0) is 66.2 Å². The fraction of sp³-hybridized carbons (Fsp3) is 0.0435. The second kappa shape index (κ2) is 8.05. The van der Waals surface area contributed by atoms with E-state index in [4.69, 9.17) is 0 Å². The molecule has 0 bridgehead atoms. The lowest BCUT2D eigenvalue weighted by Crippen LogP contribution is -2.14. The van der Waals surface area contributed by atoms with Crippen LogP contribution in [0.3, 0.4) is 0 Å². The summed E-state index contributed by atoms with van der Waals surface area (Å²) in [6.07, 6.45) is 0. The summed E-state index contributed by atoms with van der Waals surface area (Å²) in [5.41, 5.74) is 1.74. The van der Waals surface area contributed by atoms with Crippen LogP contribution in [0.2, 0.25) is 0 Å². The molecule has 0 saturated heterocycles. The number of sulfonamides is 2. The van der Waals surface area contributed by atoms with Gasteiger partial charge in [-0.25, -0.2) is 16.8 Å². The average Bonchev–Trinajstić information content (AvgIpc) is 2.75. The Balaban J connectivity index is 1.53. The average molecular weight is 453 g/mol. The smallest absolute Gasteiger partial charge is 0.261 e. The van der Waals surface area contributed by atoms with E-state index in [2.05, 4.69) is 9.44 Å². The zero-order chi connectivity index (χ0) is 22.1. The fourth-order valence-corrected chi connectivity index (χ4v) is 5.24. The summed E-state index contributed by atoms with van der Waals surface area (Å²) < 4.78 is 55.7. The summed E-state index contributed by atoms with van der Waals surface area (Å²) in [6.45, 7) is 1.91. The van der Waals surface area contributed by atoms with Crippen molar-refractivity contribution in [1.29, 1.82) is 0 Å². The summed E-state index contributed by atoms with van der Waals surface area (Å²) in [7, 11) is -7.61. The Bertz CT molecular complexity index is 1450. The molecule has 0 saturated carbocycles. The molecule has 0 aliphatic heterocycles. The Morgan fingerprint density at radius 3 is 1.65 bits per heavy atom. The van der Waals surface area contributed by atoms with E-state index < -0.39 is 20.0 Å². The second-order valence-electron chi connectivity index (χ2n) is 7.11. The first-order chi connectivity index (χ1) is 14.7.